The fraction of sp³-hybridized carbons (Fsp3) is 0.154. The average Bonchev–Trinajstić information content (AvgIpc) is 2.29. The molecule has 1 aromatic heterocycles. The van der Waals surface area contributed by atoms with Crippen molar-refractivity contribution >= 4 is 21.6 Å². The fourth-order valence-electron chi connectivity index (χ4n) is 1.48. The highest BCUT2D eigenvalue weighted by molar-refractivity contribution is 9.10. The molecular formula is C13H13BrN2O. The van der Waals surface area contributed by atoms with Crippen molar-refractivity contribution in [1.82, 2.24) is 4.98 Å². The quantitative estimate of drug-likeness (QED) is 0.942. The maximum atomic E-state index is 5.66. The van der Waals surface area contributed by atoms with Crippen molar-refractivity contribution in [3.05, 3.63) is 58.3 Å². The summed E-state index contributed by atoms with van der Waals surface area (Å²) >= 11 is 3.42. The maximum absolute atomic E-state index is 5.66. The van der Waals surface area contributed by atoms with Crippen molar-refractivity contribution in [2.45, 2.75) is 13.2 Å². The van der Waals surface area contributed by atoms with Gasteiger partial charge in [-0.15, -0.1) is 0 Å². The van der Waals surface area contributed by atoms with Gasteiger partial charge < -0.3 is 10.5 Å². The second kappa shape index (κ2) is 5.80. The molecule has 0 saturated carbocycles. The second-order valence-corrected chi connectivity index (χ2v) is 4.62. The molecule has 0 saturated heterocycles. The molecule has 0 atom stereocenters. The smallest absolute Gasteiger partial charge is 0.0893 e. The predicted octanol–water partition coefficient (Wildman–Crippen LogP) is 3.14. The molecule has 0 fully saturated rings. The van der Waals surface area contributed by atoms with Gasteiger partial charge in [0.15, 0.2) is 0 Å². The third kappa shape index (κ3) is 3.84. The van der Waals surface area contributed by atoms with Crippen LogP contribution in [0.2, 0.25) is 0 Å². The van der Waals surface area contributed by atoms with Gasteiger partial charge in [-0.1, -0.05) is 28.1 Å². The summed E-state index contributed by atoms with van der Waals surface area (Å²) in [5.74, 6) is 0. The first-order valence-electron chi connectivity index (χ1n) is 5.26. The molecule has 0 aliphatic heterocycles. The molecule has 0 unspecified atom stereocenters. The van der Waals surface area contributed by atoms with E-state index >= 15 is 0 Å². The Morgan fingerprint density at radius 2 is 2.06 bits per heavy atom. The molecule has 3 nitrogen and oxygen atoms in total. The van der Waals surface area contributed by atoms with Crippen molar-refractivity contribution in [2.24, 2.45) is 0 Å². The van der Waals surface area contributed by atoms with Crippen molar-refractivity contribution in [3.63, 3.8) is 0 Å². The number of nitrogens with zero attached hydrogens (tertiary/aromatic N) is 1. The lowest BCUT2D eigenvalue weighted by molar-refractivity contribution is 0.104. The standard InChI is InChI=1S/C13H13BrN2O/c14-11-3-1-2-10(6-11)8-17-9-13-7-12(15)4-5-16-13/h1-7H,8-9H2,(H2,15,16). The first-order chi connectivity index (χ1) is 8.24. The van der Waals surface area contributed by atoms with Gasteiger partial charge in [-0.25, -0.2) is 0 Å². The molecular weight excluding hydrogens is 280 g/mol. The number of ether oxygens (including phenoxy) is 1. The van der Waals surface area contributed by atoms with Crippen LogP contribution in [0.15, 0.2) is 47.1 Å². The molecule has 0 aliphatic carbocycles. The summed E-state index contributed by atoms with van der Waals surface area (Å²) in [6.45, 7) is 1.04. The van der Waals surface area contributed by atoms with Crippen LogP contribution in [-0.4, -0.2) is 4.98 Å². The Labute approximate surface area is 109 Å². The van der Waals surface area contributed by atoms with Gasteiger partial charge >= 0.3 is 0 Å². The Bertz CT molecular complexity index is 457. The minimum Gasteiger partial charge on any atom is -0.399 e. The fourth-order valence-corrected chi connectivity index (χ4v) is 1.92. The Balaban J connectivity index is 1.87. The van der Waals surface area contributed by atoms with E-state index < -0.39 is 0 Å². The van der Waals surface area contributed by atoms with Crippen LogP contribution in [0, 0.1) is 0 Å². The first-order valence-corrected chi connectivity index (χ1v) is 6.06. The van der Waals surface area contributed by atoms with E-state index in [4.69, 9.17) is 10.5 Å². The number of nitrogen functional groups attached to an aromatic ring is 1. The topological polar surface area (TPSA) is 48.1 Å². The van der Waals surface area contributed by atoms with Crippen molar-refractivity contribution in [2.75, 3.05) is 5.73 Å². The SMILES string of the molecule is Nc1ccnc(COCc2cccc(Br)c2)c1. The molecule has 0 amide bonds. The van der Waals surface area contributed by atoms with Crippen LogP contribution in [0.25, 0.3) is 0 Å². The zero-order valence-corrected chi connectivity index (χ0v) is 10.9. The summed E-state index contributed by atoms with van der Waals surface area (Å²) in [5, 5.41) is 0. The minimum atomic E-state index is 0.470. The van der Waals surface area contributed by atoms with E-state index in [1.165, 1.54) is 0 Å². The van der Waals surface area contributed by atoms with Gasteiger partial charge in [-0.2, -0.15) is 0 Å². The Hall–Kier alpha value is -1.39. The lowest BCUT2D eigenvalue weighted by Gasteiger charge is -2.05. The normalized spacial score (nSPS) is 10.4. The summed E-state index contributed by atoms with van der Waals surface area (Å²) < 4.78 is 6.63. The number of benzene rings is 1. The molecule has 88 valence electrons. The summed E-state index contributed by atoms with van der Waals surface area (Å²) in [5.41, 5.74) is 8.34. The van der Waals surface area contributed by atoms with Gasteiger partial charge in [0.1, 0.15) is 0 Å². The number of rotatable bonds is 4. The Morgan fingerprint density at radius 1 is 1.18 bits per heavy atom. The van der Waals surface area contributed by atoms with Crippen molar-refractivity contribution < 1.29 is 4.74 Å². The zero-order valence-electron chi connectivity index (χ0n) is 9.27. The third-order valence-electron chi connectivity index (χ3n) is 2.25. The molecule has 1 aromatic carbocycles. The Kier molecular flexibility index (Phi) is 4.12. The van der Waals surface area contributed by atoms with Crippen LogP contribution in [0.4, 0.5) is 5.69 Å². The summed E-state index contributed by atoms with van der Waals surface area (Å²) in [6, 6.07) is 11.6. The van der Waals surface area contributed by atoms with Gasteiger partial charge in [0.2, 0.25) is 0 Å². The van der Waals surface area contributed by atoms with Gasteiger partial charge in [0.05, 0.1) is 18.9 Å². The van der Waals surface area contributed by atoms with Crippen LogP contribution >= 0.6 is 15.9 Å². The molecule has 2 aromatic rings. The number of anilines is 1. The molecule has 1 heterocycles. The maximum Gasteiger partial charge on any atom is 0.0893 e. The van der Waals surface area contributed by atoms with E-state index in [-0.39, 0.29) is 0 Å². The third-order valence-corrected chi connectivity index (χ3v) is 2.74. The molecule has 0 aliphatic rings. The number of pyridine rings is 1. The van der Waals surface area contributed by atoms with Gasteiger partial charge in [-0.3, -0.25) is 4.98 Å². The number of hydrogen-bond acceptors (Lipinski definition) is 3. The van der Waals surface area contributed by atoms with Crippen LogP contribution in [0.5, 0.6) is 0 Å². The lowest BCUT2D eigenvalue weighted by atomic mass is 10.2. The van der Waals surface area contributed by atoms with Gasteiger partial charge in [0.25, 0.3) is 0 Å². The molecule has 17 heavy (non-hydrogen) atoms. The average molecular weight is 293 g/mol. The molecule has 0 bridgehead atoms. The van der Waals surface area contributed by atoms with E-state index in [0.29, 0.717) is 18.9 Å². The van der Waals surface area contributed by atoms with Crippen LogP contribution in [-0.2, 0) is 18.0 Å². The van der Waals surface area contributed by atoms with Crippen molar-refractivity contribution in [3.8, 4) is 0 Å². The largest absolute Gasteiger partial charge is 0.399 e. The van der Waals surface area contributed by atoms with Crippen molar-refractivity contribution in [1.29, 1.82) is 0 Å². The second-order valence-electron chi connectivity index (χ2n) is 3.70. The van der Waals surface area contributed by atoms with E-state index in [2.05, 4.69) is 20.9 Å². The van der Waals surface area contributed by atoms with Gasteiger partial charge in [0, 0.05) is 16.4 Å². The molecule has 2 rings (SSSR count). The molecule has 4 heteroatoms. The van der Waals surface area contributed by atoms with E-state index in [0.717, 1.165) is 15.7 Å². The van der Waals surface area contributed by atoms with Crippen LogP contribution in [0.3, 0.4) is 0 Å². The minimum absolute atomic E-state index is 0.470. The monoisotopic (exact) mass is 292 g/mol. The molecule has 0 radical (unpaired) electrons. The Morgan fingerprint density at radius 3 is 2.82 bits per heavy atom. The van der Waals surface area contributed by atoms with Crippen LogP contribution < -0.4 is 5.73 Å². The highest BCUT2D eigenvalue weighted by Gasteiger charge is 1.97. The summed E-state index contributed by atoms with van der Waals surface area (Å²) in [7, 11) is 0. The number of halogens is 1. The number of hydrogen-bond donors (Lipinski definition) is 1. The lowest BCUT2D eigenvalue weighted by Crippen LogP contribution is -1.97. The van der Waals surface area contributed by atoms with E-state index in [1.54, 1.807) is 12.3 Å². The highest BCUT2D eigenvalue weighted by Crippen LogP contribution is 2.13. The van der Waals surface area contributed by atoms with E-state index in [1.807, 2.05) is 30.3 Å². The molecule has 2 N–H and O–H groups in total. The number of aromatic nitrogens is 1. The predicted molar refractivity (Wildman–Crippen MR) is 71.3 cm³/mol. The summed E-state index contributed by atoms with van der Waals surface area (Å²) in [6.07, 6.45) is 1.69. The number of nitrogens with two attached hydrogens (primary N) is 1. The van der Waals surface area contributed by atoms with Gasteiger partial charge in [-0.05, 0) is 29.8 Å². The highest BCUT2D eigenvalue weighted by atomic mass is 79.9. The first kappa shape index (κ1) is 12.1. The zero-order chi connectivity index (χ0) is 12.1. The molecule has 0 spiro atoms. The van der Waals surface area contributed by atoms with E-state index in [9.17, 15) is 0 Å². The summed E-state index contributed by atoms with van der Waals surface area (Å²) in [4.78, 5) is 4.17. The van der Waals surface area contributed by atoms with Crippen LogP contribution in [0.1, 0.15) is 11.3 Å².